The minimum atomic E-state index is 0.805. The fourth-order valence-corrected chi connectivity index (χ4v) is 1.84. The molecule has 0 fully saturated rings. The third-order valence-electron chi connectivity index (χ3n) is 2.64. The van der Waals surface area contributed by atoms with Gasteiger partial charge in [-0.25, -0.2) is 0 Å². The van der Waals surface area contributed by atoms with E-state index < -0.39 is 0 Å². The Kier molecular flexibility index (Phi) is 6.99. The summed E-state index contributed by atoms with van der Waals surface area (Å²) in [6, 6.07) is 8.09. The number of hydrogen-bond donors (Lipinski definition) is 1. The van der Waals surface area contributed by atoms with Crippen LogP contribution in [0.2, 0.25) is 5.02 Å². The van der Waals surface area contributed by atoms with Crippen molar-refractivity contribution in [3.8, 4) is 0 Å². The maximum atomic E-state index is 5.86. The van der Waals surface area contributed by atoms with Crippen molar-refractivity contribution in [3.63, 3.8) is 0 Å². The van der Waals surface area contributed by atoms with Gasteiger partial charge in [0.2, 0.25) is 0 Å². The third kappa shape index (κ3) is 6.50. The molecule has 0 aromatic heterocycles. The average molecular weight is 252 g/mol. The first kappa shape index (κ1) is 14.3. The van der Waals surface area contributed by atoms with Gasteiger partial charge >= 0.3 is 0 Å². The molecule has 0 heterocycles. The van der Waals surface area contributed by atoms with Gasteiger partial charge in [-0.3, -0.25) is 0 Å². The van der Waals surface area contributed by atoms with E-state index in [-0.39, 0.29) is 0 Å². The minimum absolute atomic E-state index is 0.805. The van der Waals surface area contributed by atoms with Crippen molar-refractivity contribution in [2.75, 3.05) is 13.1 Å². The summed E-state index contributed by atoms with van der Waals surface area (Å²) in [4.78, 5) is 0. The second-order valence-electron chi connectivity index (χ2n) is 4.39. The molecule has 0 aliphatic rings. The van der Waals surface area contributed by atoms with Crippen LogP contribution in [0.1, 0.15) is 32.3 Å². The number of nitrogens with one attached hydrogen (secondary N) is 1. The van der Waals surface area contributed by atoms with Crippen molar-refractivity contribution < 1.29 is 0 Å². The van der Waals surface area contributed by atoms with Gasteiger partial charge in [0.25, 0.3) is 0 Å². The van der Waals surface area contributed by atoms with Crippen molar-refractivity contribution >= 4 is 11.6 Å². The van der Waals surface area contributed by atoms with Gasteiger partial charge in [-0.1, -0.05) is 42.3 Å². The van der Waals surface area contributed by atoms with E-state index in [1.807, 2.05) is 12.1 Å². The van der Waals surface area contributed by atoms with Gasteiger partial charge in [0.1, 0.15) is 0 Å². The molecule has 1 aromatic rings. The van der Waals surface area contributed by atoms with Gasteiger partial charge in [0.05, 0.1) is 0 Å². The lowest BCUT2D eigenvalue weighted by atomic mass is 10.1. The predicted octanol–water partition coefficient (Wildman–Crippen LogP) is 4.22. The SMILES string of the molecule is CCCNCCC=C(C)Cc1ccc(Cl)cc1. The lowest BCUT2D eigenvalue weighted by Gasteiger charge is -2.03. The van der Waals surface area contributed by atoms with Gasteiger partial charge in [-0.05, 0) is 57.0 Å². The number of benzene rings is 1. The molecule has 0 aliphatic carbocycles. The zero-order valence-electron chi connectivity index (χ0n) is 10.8. The van der Waals surface area contributed by atoms with E-state index in [4.69, 9.17) is 11.6 Å². The molecule has 0 amide bonds. The number of rotatable bonds is 7. The Hall–Kier alpha value is -0.790. The topological polar surface area (TPSA) is 12.0 Å². The summed E-state index contributed by atoms with van der Waals surface area (Å²) in [5.41, 5.74) is 2.75. The van der Waals surface area contributed by atoms with Crippen LogP contribution in [0.15, 0.2) is 35.9 Å². The van der Waals surface area contributed by atoms with Crippen LogP contribution in [0.3, 0.4) is 0 Å². The van der Waals surface area contributed by atoms with Crippen LogP contribution < -0.4 is 5.32 Å². The number of hydrogen-bond acceptors (Lipinski definition) is 1. The maximum Gasteiger partial charge on any atom is 0.0406 e. The first-order valence-electron chi connectivity index (χ1n) is 6.33. The van der Waals surface area contributed by atoms with E-state index in [1.165, 1.54) is 17.6 Å². The lowest BCUT2D eigenvalue weighted by molar-refractivity contribution is 0.677. The van der Waals surface area contributed by atoms with Gasteiger partial charge < -0.3 is 5.32 Å². The minimum Gasteiger partial charge on any atom is -0.316 e. The van der Waals surface area contributed by atoms with E-state index in [0.29, 0.717) is 0 Å². The molecule has 1 nitrogen and oxygen atoms in total. The van der Waals surface area contributed by atoms with E-state index in [0.717, 1.165) is 31.0 Å². The zero-order valence-corrected chi connectivity index (χ0v) is 11.6. The summed E-state index contributed by atoms with van der Waals surface area (Å²) in [6.07, 6.45) is 5.65. The molecule has 1 aromatic carbocycles. The van der Waals surface area contributed by atoms with Crippen LogP contribution in [0.4, 0.5) is 0 Å². The number of halogens is 1. The highest BCUT2D eigenvalue weighted by Gasteiger charge is 1.95. The fraction of sp³-hybridized carbons (Fsp3) is 0.467. The Morgan fingerprint density at radius 2 is 1.94 bits per heavy atom. The highest BCUT2D eigenvalue weighted by molar-refractivity contribution is 6.30. The highest BCUT2D eigenvalue weighted by atomic mass is 35.5. The van der Waals surface area contributed by atoms with Crippen LogP contribution in [-0.4, -0.2) is 13.1 Å². The largest absolute Gasteiger partial charge is 0.316 e. The molecule has 0 bridgehead atoms. The highest BCUT2D eigenvalue weighted by Crippen LogP contribution is 2.13. The summed E-state index contributed by atoms with van der Waals surface area (Å²) in [6.45, 7) is 6.57. The normalized spacial score (nSPS) is 11.8. The molecular weight excluding hydrogens is 230 g/mol. The molecule has 0 radical (unpaired) electrons. The molecule has 0 spiro atoms. The lowest BCUT2D eigenvalue weighted by Crippen LogP contribution is -2.15. The predicted molar refractivity (Wildman–Crippen MR) is 76.7 cm³/mol. The van der Waals surface area contributed by atoms with E-state index in [2.05, 4.69) is 37.4 Å². The van der Waals surface area contributed by atoms with Crippen LogP contribution >= 0.6 is 11.6 Å². The molecule has 1 rings (SSSR count). The molecule has 2 heteroatoms. The first-order valence-corrected chi connectivity index (χ1v) is 6.71. The van der Waals surface area contributed by atoms with E-state index in [1.54, 1.807) is 0 Å². The maximum absolute atomic E-state index is 5.86. The standard InChI is InChI=1S/C15H22ClN/c1-3-10-17-11-4-5-13(2)12-14-6-8-15(16)9-7-14/h5-9,17H,3-4,10-12H2,1-2H3. The van der Waals surface area contributed by atoms with Gasteiger partial charge in [0, 0.05) is 5.02 Å². The smallest absolute Gasteiger partial charge is 0.0406 e. The molecular formula is C15H22ClN. The first-order chi connectivity index (χ1) is 8.22. The molecule has 0 aliphatic heterocycles. The van der Waals surface area contributed by atoms with Crippen LogP contribution in [-0.2, 0) is 6.42 Å². The van der Waals surface area contributed by atoms with Crippen molar-refractivity contribution in [1.82, 2.24) is 5.32 Å². The van der Waals surface area contributed by atoms with Gasteiger partial charge in [-0.2, -0.15) is 0 Å². The Labute approximate surface area is 110 Å². The number of allylic oxidation sites excluding steroid dienone is 1. The monoisotopic (exact) mass is 251 g/mol. The molecule has 0 saturated carbocycles. The molecule has 0 unspecified atom stereocenters. The summed E-state index contributed by atoms with van der Waals surface area (Å²) in [5.74, 6) is 0. The van der Waals surface area contributed by atoms with Gasteiger partial charge in [-0.15, -0.1) is 0 Å². The van der Waals surface area contributed by atoms with Crippen molar-refractivity contribution in [3.05, 3.63) is 46.5 Å². The zero-order chi connectivity index (χ0) is 12.5. The molecule has 0 saturated heterocycles. The third-order valence-corrected chi connectivity index (χ3v) is 2.89. The quantitative estimate of drug-likeness (QED) is 0.565. The Bertz CT molecular complexity index is 340. The molecule has 0 atom stereocenters. The summed E-state index contributed by atoms with van der Waals surface area (Å²) >= 11 is 5.86. The van der Waals surface area contributed by atoms with Crippen LogP contribution in [0.5, 0.6) is 0 Å². The van der Waals surface area contributed by atoms with Crippen molar-refractivity contribution in [2.45, 2.75) is 33.1 Å². The Morgan fingerprint density at radius 3 is 2.59 bits per heavy atom. The second-order valence-corrected chi connectivity index (χ2v) is 4.83. The van der Waals surface area contributed by atoms with Gasteiger partial charge in [0.15, 0.2) is 0 Å². The Morgan fingerprint density at radius 1 is 1.24 bits per heavy atom. The summed E-state index contributed by atoms with van der Waals surface area (Å²) < 4.78 is 0. The molecule has 1 N–H and O–H groups in total. The molecule has 17 heavy (non-hydrogen) atoms. The fourth-order valence-electron chi connectivity index (χ4n) is 1.72. The summed E-state index contributed by atoms with van der Waals surface area (Å²) in [5, 5.41) is 4.20. The summed E-state index contributed by atoms with van der Waals surface area (Å²) in [7, 11) is 0. The van der Waals surface area contributed by atoms with Crippen LogP contribution in [0, 0.1) is 0 Å². The Balaban J connectivity index is 2.30. The average Bonchev–Trinajstić information content (AvgIpc) is 2.32. The molecule has 94 valence electrons. The van der Waals surface area contributed by atoms with Crippen molar-refractivity contribution in [1.29, 1.82) is 0 Å². The van der Waals surface area contributed by atoms with Crippen LogP contribution in [0.25, 0.3) is 0 Å². The van der Waals surface area contributed by atoms with E-state index in [9.17, 15) is 0 Å². The van der Waals surface area contributed by atoms with Crippen molar-refractivity contribution in [2.24, 2.45) is 0 Å². The van der Waals surface area contributed by atoms with E-state index >= 15 is 0 Å². The second kappa shape index (κ2) is 8.32.